The molecule has 0 aliphatic carbocycles. The molecule has 0 aromatic heterocycles. The molecule has 1 saturated heterocycles. The first kappa shape index (κ1) is 19.2. The van der Waals surface area contributed by atoms with Crippen LogP contribution in [0.1, 0.15) is 20.3 Å². The highest BCUT2D eigenvalue weighted by atomic mass is 19.4. The van der Waals surface area contributed by atoms with E-state index in [-0.39, 0.29) is 24.5 Å². The normalized spacial score (nSPS) is 20.0. The molecular formula is C14H26F3N3O2. The monoisotopic (exact) mass is 325 g/mol. The van der Waals surface area contributed by atoms with Crippen LogP contribution in [-0.2, 0) is 9.53 Å². The Labute approximate surface area is 129 Å². The zero-order chi connectivity index (χ0) is 16.8. The summed E-state index contributed by atoms with van der Waals surface area (Å²) < 4.78 is 40.3. The van der Waals surface area contributed by atoms with E-state index in [1.807, 2.05) is 18.7 Å². The lowest BCUT2D eigenvalue weighted by Crippen LogP contribution is -2.52. The first-order valence-corrected chi connectivity index (χ1v) is 7.62. The number of amides is 1. The molecule has 1 rings (SSSR count). The molecule has 1 amide bonds. The van der Waals surface area contributed by atoms with Crippen LogP contribution >= 0.6 is 0 Å². The molecule has 8 heteroatoms. The molecule has 2 unspecified atom stereocenters. The zero-order valence-electron chi connectivity index (χ0n) is 13.2. The summed E-state index contributed by atoms with van der Waals surface area (Å²) in [7, 11) is 0. The van der Waals surface area contributed by atoms with E-state index in [9.17, 15) is 18.0 Å². The molecule has 5 nitrogen and oxygen atoms in total. The van der Waals surface area contributed by atoms with Crippen LogP contribution in [0, 0.1) is 5.92 Å². The molecule has 1 aliphatic rings. The summed E-state index contributed by atoms with van der Waals surface area (Å²) in [6.07, 6.45) is -3.71. The highest BCUT2D eigenvalue weighted by Gasteiger charge is 2.28. The molecule has 2 atom stereocenters. The Morgan fingerprint density at radius 3 is 2.32 bits per heavy atom. The Bertz CT molecular complexity index is 343. The number of hydrogen-bond donors (Lipinski definition) is 1. The predicted molar refractivity (Wildman–Crippen MR) is 77.3 cm³/mol. The molecule has 1 aliphatic heterocycles. The van der Waals surface area contributed by atoms with Crippen LogP contribution in [0.5, 0.6) is 0 Å². The maximum absolute atomic E-state index is 12.1. The van der Waals surface area contributed by atoms with Crippen LogP contribution in [0.25, 0.3) is 0 Å². The average Bonchev–Trinajstić information content (AvgIpc) is 2.44. The first-order chi connectivity index (χ1) is 10.2. The molecule has 0 radical (unpaired) electrons. The molecule has 0 saturated carbocycles. The molecule has 22 heavy (non-hydrogen) atoms. The Hall–Kier alpha value is -0.860. The van der Waals surface area contributed by atoms with Crippen molar-refractivity contribution in [1.29, 1.82) is 0 Å². The van der Waals surface area contributed by atoms with Crippen LogP contribution in [0.2, 0.25) is 0 Å². The Morgan fingerprint density at radius 2 is 1.82 bits per heavy atom. The summed E-state index contributed by atoms with van der Waals surface area (Å²) in [5, 5.41) is 0. The quantitative estimate of drug-likeness (QED) is 0.712. The van der Waals surface area contributed by atoms with Gasteiger partial charge in [-0.3, -0.25) is 9.69 Å². The largest absolute Gasteiger partial charge is 0.411 e. The molecule has 1 heterocycles. The summed E-state index contributed by atoms with van der Waals surface area (Å²) in [5.41, 5.74) is 5.74. The van der Waals surface area contributed by atoms with Crippen LogP contribution in [0.15, 0.2) is 0 Å². The summed E-state index contributed by atoms with van der Waals surface area (Å²) in [4.78, 5) is 16.1. The minimum atomic E-state index is -4.26. The van der Waals surface area contributed by atoms with Gasteiger partial charge < -0.3 is 15.4 Å². The van der Waals surface area contributed by atoms with Gasteiger partial charge in [0.2, 0.25) is 5.91 Å². The SMILES string of the molecule is CC(N)C(C)C(=O)N1CCN(CCCOCC(F)(F)F)CC1. The third kappa shape index (κ3) is 6.93. The highest BCUT2D eigenvalue weighted by Crippen LogP contribution is 2.14. The standard InChI is InChI=1S/C14H26F3N3O2/c1-11(12(2)18)13(21)20-7-5-19(6-8-20)4-3-9-22-10-14(15,16)17/h11-12H,3-10,18H2,1-2H3. The third-order valence-corrected chi connectivity index (χ3v) is 3.89. The van der Waals surface area contributed by atoms with Crippen LogP contribution in [0.4, 0.5) is 13.2 Å². The predicted octanol–water partition coefficient (Wildman–Crippen LogP) is 1.08. The number of ether oxygens (including phenoxy) is 1. The number of rotatable bonds is 7. The fourth-order valence-corrected chi connectivity index (χ4v) is 2.28. The molecule has 0 spiro atoms. The number of nitrogens with zero attached hydrogens (tertiary/aromatic N) is 2. The van der Waals surface area contributed by atoms with E-state index in [1.165, 1.54) is 0 Å². The summed E-state index contributed by atoms with van der Waals surface area (Å²) in [6.45, 7) is 5.98. The van der Waals surface area contributed by atoms with Crippen molar-refractivity contribution >= 4 is 5.91 Å². The van der Waals surface area contributed by atoms with Crippen molar-refractivity contribution < 1.29 is 22.7 Å². The number of nitrogens with two attached hydrogens (primary N) is 1. The van der Waals surface area contributed by atoms with Gasteiger partial charge in [0.25, 0.3) is 0 Å². The summed E-state index contributed by atoms with van der Waals surface area (Å²) in [5.74, 6) is -0.120. The van der Waals surface area contributed by atoms with Gasteiger partial charge in [0.1, 0.15) is 6.61 Å². The second-order valence-electron chi connectivity index (χ2n) is 5.84. The van der Waals surface area contributed by atoms with E-state index in [2.05, 4.69) is 9.64 Å². The lowest BCUT2D eigenvalue weighted by atomic mass is 10.0. The molecule has 0 bridgehead atoms. The number of alkyl halides is 3. The molecule has 2 N–H and O–H groups in total. The van der Waals surface area contributed by atoms with Gasteiger partial charge in [0.15, 0.2) is 0 Å². The van der Waals surface area contributed by atoms with E-state index in [0.29, 0.717) is 26.1 Å². The van der Waals surface area contributed by atoms with Gasteiger partial charge in [0, 0.05) is 45.4 Å². The van der Waals surface area contributed by atoms with E-state index in [1.54, 1.807) is 0 Å². The summed E-state index contributed by atoms with van der Waals surface area (Å²) in [6, 6.07) is -0.170. The van der Waals surface area contributed by atoms with Crippen LogP contribution in [0.3, 0.4) is 0 Å². The Balaban J connectivity index is 2.16. The van der Waals surface area contributed by atoms with Gasteiger partial charge in [-0.2, -0.15) is 13.2 Å². The van der Waals surface area contributed by atoms with Gasteiger partial charge in [-0.05, 0) is 13.3 Å². The molecule has 130 valence electrons. The molecule has 0 aromatic rings. The van der Waals surface area contributed by atoms with Crippen molar-refractivity contribution in [2.24, 2.45) is 11.7 Å². The van der Waals surface area contributed by atoms with Crippen LogP contribution in [-0.4, -0.2) is 73.9 Å². The van der Waals surface area contributed by atoms with Crippen molar-refractivity contribution in [2.75, 3.05) is 45.9 Å². The smallest absolute Gasteiger partial charge is 0.372 e. The van der Waals surface area contributed by atoms with Gasteiger partial charge in [-0.25, -0.2) is 0 Å². The van der Waals surface area contributed by atoms with Crippen molar-refractivity contribution in [3.8, 4) is 0 Å². The fourth-order valence-electron chi connectivity index (χ4n) is 2.28. The number of halogens is 3. The molecule has 1 fully saturated rings. The lowest BCUT2D eigenvalue weighted by Gasteiger charge is -2.36. The lowest BCUT2D eigenvalue weighted by molar-refractivity contribution is -0.174. The number of carbonyl (C=O) groups excluding carboxylic acids is 1. The molecule has 0 aromatic carbocycles. The first-order valence-electron chi connectivity index (χ1n) is 7.62. The van der Waals surface area contributed by atoms with Crippen molar-refractivity contribution in [1.82, 2.24) is 9.80 Å². The van der Waals surface area contributed by atoms with Gasteiger partial charge >= 0.3 is 6.18 Å². The van der Waals surface area contributed by atoms with Crippen molar-refractivity contribution in [2.45, 2.75) is 32.5 Å². The number of piperazine rings is 1. The van der Waals surface area contributed by atoms with Gasteiger partial charge in [-0.15, -0.1) is 0 Å². The minimum Gasteiger partial charge on any atom is -0.372 e. The van der Waals surface area contributed by atoms with Crippen LogP contribution < -0.4 is 5.73 Å². The van der Waals surface area contributed by atoms with E-state index < -0.39 is 12.8 Å². The second kappa shape index (κ2) is 8.69. The zero-order valence-corrected chi connectivity index (χ0v) is 13.2. The topological polar surface area (TPSA) is 58.8 Å². The fraction of sp³-hybridized carbons (Fsp3) is 0.929. The molecular weight excluding hydrogens is 299 g/mol. The maximum atomic E-state index is 12.1. The Kier molecular flexibility index (Phi) is 7.58. The highest BCUT2D eigenvalue weighted by molar-refractivity contribution is 5.79. The second-order valence-corrected chi connectivity index (χ2v) is 5.84. The minimum absolute atomic E-state index is 0.0724. The maximum Gasteiger partial charge on any atom is 0.411 e. The third-order valence-electron chi connectivity index (χ3n) is 3.89. The summed E-state index contributed by atoms with van der Waals surface area (Å²) >= 11 is 0. The van der Waals surface area contributed by atoms with Crippen molar-refractivity contribution in [3.05, 3.63) is 0 Å². The number of hydrogen-bond acceptors (Lipinski definition) is 4. The van der Waals surface area contributed by atoms with Gasteiger partial charge in [0.05, 0.1) is 5.92 Å². The Morgan fingerprint density at radius 1 is 1.23 bits per heavy atom. The van der Waals surface area contributed by atoms with E-state index in [4.69, 9.17) is 5.73 Å². The van der Waals surface area contributed by atoms with E-state index in [0.717, 1.165) is 13.1 Å². The van der Waals surface area contributed by atoms with Crippen molar-refractivity contribution in [3.63, 3.8) is 0 Å². The van der Waals surface area contributed by atoms with Gasteiger partial charge in [-0.1, -0.05) is 6.92 Å². The van der Waals surface area contributed by atoms with E-state index >= 15 is 0 Å². The average molecular weight is 325 g/mol. The number of carbonyl (C=O) groups is 1.